The average molecular weight is 1950 g/mol. The smallest absolute Gasteiger partial charge is 0.410 e. The molecule has 8 aromatic rings. The molecule has 12 aliphatic rings. The minimum Gasteiger partial charge on any atom is -0.444 e. The van der Waals surface area contributed by atoms with E-state index in [0.29, 0.717) is 37.8 Å². The van der Waals surface area contributed by atoms with E-state index < -0.39 is 17.3 Å². The van der Waals surface area contributed by atoms with Crippen molar-refractivity contribution in [1.29, 1.82) is 0 Å². The second-order valence-electron chi connectivity index (χ2n) is 47.1. The molecule has 0 radical (unpaired) electrons. The molecule has 0 bridgehead atoms. The van der Waals surface area contributed by atoms with Crippen molar-refractivity contribution in [1.82, 2.24) is 29.7 Å². The fraction of sp³-hybridized carbons (Fsp3) is 0.632. The summed E-state index contributed by atoms with van der Waals surface area (Å²) in [6, 6.07) is 59.9. The predicted octanol–water partition coefficient (Wildman–Crippen LogP) is 30.0. The zero-order chi connectivity index (χ0) is 99.4. The molecule has 4 aromatic carbocycles. The van der Waals surface area contributed by atoms with E-state index in [2.05, 4.69) is 160 Å². The van der Waals surface area contributed by atoms with E-state index in [1.165, 1.54) is 173 Å². The van der Waals surface area contributed by atoms with Gasteiger partial charge in [-0.3, -0.25) is 19.9 Å². The fourth-order valence-corrected chi connectivity index (χ4v) is 28.3. The van der Waals surface area contributed by atoms with E-state index in [4.69, 9.17) is 62.6 Å². The number of nitrogens with zero attached hydrogens (tertiary/aromatic N) is 6. The molecule has 0 unspecified atom stereocenters. The van der Waals surface area contributed by atoms with Crippen LogP contribution in [0.2, 0.25) is 0 Å². The van der Waals surface area contributed by atoms with Crippen LogP contribution in [0.25, 0.3) is 0 Å². The third-order valence-corrected chi connectivity index (χ3v) is 35.1. The van der Waals surface area contributed by atoms with Gasteiger partial charge in [0.15, 0.2) is 0 Å². The Kier molecular flexibility index (Phi) is 35.8. The monoisotopic (exact) mass is 1950 g/mol. The Morgan fingerprint density at radius 3 is 0.916 bits per heavy atom. The number of hydrogen-bond acceptors (Lipinski definition) is 16. The number of hydrogen-bond donors (Lipinski definition) is 1. The number of carbonyl (C=O) groups excluding carboxylic acids is 2. The van der Waals surface area contributed by atoms with Crippen molar-refractivity contribution in [3.8, 4) is 0 Å². The summed E-state index contributed by atoms with van der Waals surface area (Å²) >= 11 is 0. The first kappa shape index (κ1) is 106. The van der Waals surface area contributed by atoms with Gasteiger partial charge in [-0.15, -0.1) is 0 Å². The average Bonchev–Trinajstić information content (AvgIpc) is 1.15. The van der Waals surface area contributed by atoms with Gasteiger partial charge in [-0.05, 0) is 358 Å². The Morgan fingerprint density at radius 2 is 0.608 bits per heavy atom. The van der Waals surface area contributed by atoms with Gasteiger partial charge in [-0.2, -0.15) is 0 Å². The number of fused-ring (bicyclic) bond motifs is 4. The first-order valence-electron chi connectivity index (χ1n) is 56.5. The second kappa shape index (κ2) is 48.3. The maximum absolute atomic E-state index is 13.9. The number of aliphatic hydroxyl groups excluding tert-OH is 1. The lowest BCUT2D eigenvalue weighted by Gasteiger charge is -2.47. The highest BCUT2D eigenvalue weighted by atomic mass is 16.6. The molecule has 774 valence electrons. The molecule has 1 N–H and O–H groups in total. The standard InChI is InChI=1S/C34H48N2O4.C31H42N2O4.2C30H41NO2/c1-5-23-38-29-16-15-28(26-12-6-7-13-27(26)29)36(31(37)40-32(2,3)4)22-19-33(30-14-8-11-21-35-30)20-24-39-34(25-33)17-9-10-18-34;1-29(2,3)37-28(35)33(25-13-14-26(34)24-11-5-4-10-23(24)25)20-17-30(27-12-6-9-19-32-27)18-21-36-31(22-30)15-7-8-16-31;2*1-2-21-32-27-15-14-24(25-11-3-4-12-26(25)27)10-9-16-29(28-13-5-8-20-31-28)19-22-33-30(23-29)17-6-7-18-30/h6-8,11-14,21,28-29H,5,9-10,15-20,22-25H2,1-4H3;4-6,9-12,19,25-26,34H,7-8,13-18,20-22H2,1-3H3;2*3-5,8,11-13,20,24,27H,2,6-7,9-10,14-19,21-23H2,1H3/t28-,29-,33+;25-,26-,30+;2*24-,27-,29+/m0000/s1. The number of ether oxygens (including phenoxy) is 9. The first-order valence-corrected chi connectivity index (χ1v) is 56.5. The Hall–Kier alpha value is -8.30. The fourth-order valence-electron chi connectivity index (χ4n) is 28.3. The van der Waals surface area contributed by atoms with E-state index >= 15 is 0 Å². The summed E-state index contributed by atoms with van der Waals surface area (Å²) in [6.45, 7) is 25.0. The third-order valence-electron chi connectivity index (χ3n) is 35.1. The van der Waals surface area contributed by atoms with Crippen LogP contribution >= 0.6 is 0 Å². The van der Waals surface area contributed by atoms with Crippen LogP contribution in [-0.2, 0) is 64.3 Å². The lowest BCUT2D eigenvalue weighted by atomic mass is 9.66. The van der Waals surface area contributed by atoms with Crippen molar-refractivity contribution in [2.75, 3.05) is 59.3 Å². The topological polar surface area (TPSA) is 195 Å². The Labute approximate surface area is 857 Å². The number of aromatic nitrogens is 4. The summed E-state index contributed by atoms with van der Waals surface area (Å²) in [4.78, 5) is 51.1. The summed E-state index contributed by atoms with van der Waals surface area (Å²) in [5, 5.41) is 10.7. The third kappa shape index (κ3) is 25.8. The van der Waals surface area contributed by atoms with Crippen LogP contribution in [0.1, 0.15) is 454 Å². The largest absolute Gasteiger partial charge is 0.444 e. The van der Waals surface area contributed by atoms with Gasteiger partial charge in [0, 0.05) is 129 Å². The molecule has 2 amide bonds. The Morgan fingerprint density at radius 1 is 0.336 bits per heavy atom. The molecule has 8 fully saturated rings. The van der Waals surface area contributed by atoms with Crippen LogP contribution in [0.15, 0.2) is 195 Å². The van der Waals surface area contributed by atoms with Crippen LogP contribution in [0.5, 0.6) is 0 Å². The number of aliphatic hydroxyl groups is 1. The van der Waals surface area contributed by atoms with Gasteiger partial charge in [0.25, 0.3) is 0 Å². The van der Waals surface area contributed by atoms with Crippen molar-refractivity contribution < 1.29 is 57.3 Å². The maximum Gasteiger partial charge on any atom is 0.410 e. The minimum atomic E-state index is -0.589. The first-order chi connectivity index (χ1) is 69.4. The van der Waals surface area contributed by atoms with Crippen LogP contribution in [-0.4, -0.2) is 140 Å². The van der Waals surface area contributed by atoms with Gasteiger partial charge in [0.2, 0.25) is 0 Å². The predicted molar refractivity (Wildman–Crippen MR) is 568 cm³/mol. The van der Waals surface area contributed by atoms with Crippen LogP contribution in [0.4, 0.5) is 9.59 Å². The summed E-state index contributed by atoms with van der Waals surface area (Å²) in [7, 11) is 0. The number of benzene rings is 4. The molecule has 12 atom stereocenters. The Balaban J connectivity index is 0.000000131. The molecule has 4 aliphatic heterocycles. The van der Waals surface area contributed by atoms with E-state index in [0.717, 1.165) is 204 Å². The van der Waals surface area contributed by atoms with E-state index in [9.17, 15) is 14.7 Å². The zero-order valence-corrected chi connectivity index (χ0v) is 88.5. The molecule has 4 spiro atoms. The minimum absolute atomic E-state index is 0.0476. The zero-order valence-electron chi connectivity index (χ0n) is 88.5. The molecule has 20 rings (SSSR count). The number of amides is 2. The lowest BCUT2D eigenvalue weighted by molar-refractivity contribution is -0.106. The number of pyridine rings is 4. The van der Waals surface area contributed by atoms with Gasteiger partial charge >= 0.3 is 12.2 Å². The van der Waals surface area contributed by atoms with E-state index in [-0.39, 0.29) is 86.6 Å². The molecule has 18 nitrogen and oxygen atoms in total. The van der Waals surface area contributed by atoms with Crippen molar-refractivity contribution in [2.24, 2.45) is 0 Å². The van der Waals surface area contributed by atoms with Gasteiger partial charge in [-0.1, -0.05) is 206 Å². The van der Waals surface area contributed by atoms with Gasteiger partial charge in [-0.25, -0.2) is 9.59 Å². The molecule has 4 saturated carbocycles. The molecular weight excluding hydrogens is 1780 g/mol. The number of rotatable bonds is 29. The maximum atomic E-state index is 13.9. The summed E-state index contributed by atoms with van der Waals surface area (Å²) in [5.74, 6) is 1.31. The highest BCUT2D eigenvalue weighted by molar-refractivity contribution is 5.70. The van der Waals surface area contributed by atoms with Crippen LogP contribution in [0, 0.1) is 0 Å². The van der Waals surface area contributed by atoms with Crippen molar-refractivity contribution in [2.45, 2.75) is 442 Å². The molecule has 18 heteroatoms. The van der Waals surface area contributed by atoms with Crippen molar-refractivity contribution in [3.63, 3.8) is 0 Å². The van der Waals surface area contributed by atoms with E-state index in [1.807, 2.05) is 106 Å². The second-order valence-corrected chi connectivity index (χ2v) is 47.1. The molecular formula is C125H172N6O12. The molecule has 4 saturated heterocycles. The number of carbonyl (C=O) groups is 2. The Bertz CT molecular complexity index is 5130. The lowest BCUT2D eigenvalue weighted by Crippen LogP contribution is -2.49. The normalized spacial score (nSPS) is 27.5. The summed E-state index contributed by atoms with van der Waals surface area (Å²) in [6.07, 6.45) is 55.4. The molecule has 4 aromatic heterocycles. The molecule has 143 heavy (non-hydrogen) atoms. The quantitative estimate of drug-likeness (QED) is 0.0464. The van der Waals surface area contributed by atoms with Crippen LogP contribution < -0.4 is 0 Å². The van der Waals surface area contributed by atoms with Gasteiger partial charge < -0.3 is 57.5 Å². The van der Waals surface area contributed by atoms with Gasteiger partial charge in [0.1, 0.15) is 11.2 Å². The highest BCUT2D eigenvalue weighted by Crippen LogP contribution is 2.58. The van der Waals surface area contributed by atoms with Crippen molar-refractivity contribution >= 4 is 12.2 Å². The SMILES string of the molecule is CC(C)(C)OC(=O)N(CC[C@@]1(c2ccccn2)CCOC2(CCCC2)C1)[C@H]1CC[C@H](O)c2ccccc21.CCCO[C@H]1CC[C@H](CCC[C@@]2(c3ccccn3)CCOC3(CCCC3)C2)c2ccccc21.CCCO[C@H]1CC[C@H](CCC[C@@]2(c3ccccn3)CCOC3(CCCC3)C2)c2ccccc21.CCCO[C@H]1CC[C@H](N(CC[C@@]2(c3ccccn3)CCOC3(CCCC3)C2)C(=O)OC(C)(C)C)c2ccccc21. The van der Waals surface area contributed by atoms with Gasteiger partial charge in [0.05, 0.1) is 58.9 Å². The molecule has 8 aliphatic carbocycles. The summed E-state index contributed by atoms with van der Waals surface area (Å²) in [5.41, 5.74) is 14.1. The summed E-state index contributed by atoms with van der Waals surface area (Å²) < 4.78 is 56.5. The highest BCUT2D eigenvalue weighted by Gasteiger charge is 2.55. The van der Waals surface area contributed by atoms with Crippen molar-refractivity contribution in [3.05, 3.63) is 262 Å². The molecule has 8 heterocycles. The van der Waals surface area contributed by atoms with E-state index in [1.54, 1.807) is 0 Å². The van der Waals surface area contributed by atoms with Crippen LogP contribution in [0.3, 0.4) is 0 Å².